The van der Waals surface area contributed by atoms with Gasteiger partial charge in [-0.05, 0) is 10.6 Å². The van der Waals surface area contributed by atoms with Gasteiger partial charge in [0.15, 0.2) is 0 Å². The monoisotopic (exact) mass is 230 g/mol. The van der Waals surface area contributed by atoms with Crippen LogP contribution >= 0.6 is 7.92 Å². The average Bonchev–Trinajstić information content (AvgIpc) is 2.31. The molecule has 0 aliphatic heterocycles. The molecule has 0 saturated heterocycles. The Balaban J connectivity index is 2.44. The number of rotatable bonds is 3. The lowest BCUT2D eigenvalue weighted by Crippen LogP contribution is -2.16. The Hall–Kier alpha value is -1.66. The summed E-state index contributed by atoms with van der Waals surface area (Å²) < 4.78 is 0. The second-order valence-corrected chi connectivity index (χ2v) is 5.38. The van der Waals surface area contributed by atoms with Gasteiger partial charge in [0.1, 0.15) is 0 Å². The highest BCUT2D eigenvalue weighted by Gasteiger charge is 2.20. The minimum atomic E-state index is -1.29. The Labute approximate surface area is 95.3 Å². The minimum absolute atomic E-state index is 0.757. The van der Waals surface area contributed by atoms with Crippen LogP contribution in [0.1, 0.15) is 0 Å². The van der Waals surface area contributed by atoms with E-state index in [9.17, 15) is 9.90 Å². The summed E-state index contributed by atoms with van der Waals surface area (Å²) in [4.78, 5) is 11.3. The minimum Gasteiger partial charge on any atom is -0.478 e. The van der Waals surface area contributed by atoms with E-state index < -0.39 is 13.6 Å². The molecule has 0 atom stereocenters. The molecule has 0 amide bonds. The van der Waals surface area contributed by atoms with E-state index in [1.54, 1.807) is 0 Å². The molecule has 80 valence electrons. The predicted molar refractivity (Wildman–Crippen MR) is 67.1 cm³/mol. The molecule has 3 heteroatoms. The van der Waals surface area contributed by atoms with E-state index in [1.165, 1.54) is 0 Å². The average molecular weight is 230 g/mol. The Morgan fingerprint density at radius 2 is 1.19 bits per heavy atom. The normalized spacial score (nSPS) is 10.3. The van der Waals surface area contributed by atoms with Crippen LogP contribution in [0.25, 0.3) is 0 Å². The summed E-state index contributed by atoms with van der Waals surface area (Å²) in [5.41, 5.74) is -0.757. The number of benzene rings is 2. The first-order valence-corrected chi connectivity index (χ1v) is 6.26. The highest BCUT2D eigenvalue weighted by atomic mass is 31.1. The molecule has 2 rings (SSSR count). The zero-order valence-electron chi connectivity index (χ0n) is 8.58. The second-order valence-electron chi connectivity index (χ2n) is 3.29. The first-order chi connectivity index (χ1) is 7.79. The van der Waals surface area contributed by atoms with Gasteiger partial charge in [0.2, 0.25) is 0 Å². The summed E-state index contributed by atoms with van der Waals surface area (Å²) in [5.74, 6) is 0. The van der Waals surface area contributed by atoms with Gasteiger partial charge in [-0.15, -0.1) is 0 Å². The third-order valence-corrected chi connectivity index (χ3v) is 4.23. The molecule has 0 heterocycles. The predicted octanol–water partition coefficient (Wildman–Crippen LogP) is 2.80. The first-order valence-electron chi connectivity index (χ1n) is 4.92. The van der Waals surface area contributed by atoms with Crippen LogP contribution in [-0.4, -0.2) is 10.8 Å². The Kier molecular flexibility index (Phi) is 3.33. The Morgan fingerprint density at radius 1 is 0.812 bits per heavy atom. The van der Waals surface area contributed by atoms with Crippen LogP contribution in [0.5, 0.6) is 0 Å². The van der Waals surface area contributed by atoms with E-state index in [1.807, 2.05) is 60.7 Å². The molecule has 0 saturated carbocycles. The summed E-state index contributed by atoms with van der Waals surface area (Å²) >= 11 is 0. The van der Waals surface area contributed by atoms with Crippen LogP contribution in [0.15, 0.2) is 60.7 Å². The van der Waals surface area contributed by atoms with E-state index in [0.29, 0.717) is 0 Å². The van der Waals surface area contributed by atoms with Crippen LogP contribution in [0, 0.1) is 0 Å². The lowest BCUT2D eigenvalue weighted by atomic mass is 10.4. The fourth-order valence-corrected chi connectivity index (χ4v) is 3.20. The maximum absolute atomic E-state index is 11.3. The fourth-order valence-electron chi connectivity index (χ4n) is 1.52. The van der Waals surface area contributed by atoms with Crippen molar-refractivity contribution in [2.45, 2.75) is 0 Å². The van der Waals surface area contributed by atoms with Crippen molar-refractivity contribution in [2.75, 3.05) is 0 Å². The molecule has 0 aromatic heterocycles. The van der Waals surface area contributed by atoms with Gasteiger partial charge in [0.05, 0.1) is 7.92 Å². The van der Waals surface area contributed by atoms with Gasteiger partial charge in [-0.25, -0.2) is 4.79 Å². The van der Waals surface area contributed by atoms with E-state index in [4.69, 9.17) is 0 Å². The van der Waals surface area contributed by atoms with Crippen LogP contribution in [0.3, 0.4) is 0 Å². The standard InChI is InChI=1S/C13H11O2P/c14-13(15)16(11-7-3-1-4-8-11)12-9-5-2-6-10-12/h1-10H,(H,14,15). The molecule has 0 bridgehead atoms. The van der Waals surface area contributed by atoms with Crippen LogP contribution < -0.4 is 10.6 Å². The van der Waals surface area contributed by atoms with E-state index in [-0.39, 0.29) is 0 Å². The maximum Gasteiger partial charge on any atom is 0.332 e. The quantitative estimate of drug-likeness (QED) is 0.823. The van der Waals surface area contributed by atoms with Crippen molar-refractivity contribution < 1.29 is 9.90 Å². The summed E-state index contributed by atoms with van der Waals surface area (Å²) in [6.07, 6.45) is 0. The van der Waals surface area contributed by atoms with Gasteiger partial charge >= 0.3 is 5.71 Å². The summed E-state index contributed by atoms with van der Waals surface area (Å²) in [6, 6.07) is 18.7. The molecule has 0 spiro atoms. The van der Waals surface area contributed by atoms with E-state index in [2.05, 4.69) is 0 Å². The molecule has 0 fully saturated rings. The van der Waals surface area contributed by atoms with Crippen LogP contribution in [0.4, 0.5) is 4.79 Å². The molecular formula is C13H11O2P. The third-order valence-electron chi connectivity index (χ3n) is 2.22. The highest BCUT2D eigenvalue weighted by Crippen LogP contribution is 2.33. The molecule has 0 aliphatic rings. The van der Waals surface area contributed by atoms with Crippen molar-refractivity contribution in [1.29, 1.82) is 0 Å². The molecule has 0 radical (unpaired) electrons. The molecule has 16 heavy (non-hydrogen) atoms. The van der Waals surface area contributed by atoms with E-state index in [0.717, 1.165) is 10.6 Å². The van der Waals surface area contributed by atoms with Gasteiger partial charge in [0, 0.05) is 0 Å². The Bertz CT molecular complexity index is 428. The van der Waals surface area contributed by atoms with Crippen molar-refractivity contribution in [3.05, 3.63) is 60.7 Å². The summed E-state index contributed by atoms with van der Waals surface area (Å²) in [7, 11) is -1.29. The third kappa shape index (κ3) is 2.29. The van der Waals surface area contributed by atoms with Crippen molar-refractivity contribution >= 4 is 24.2 Å². The van der Waals surface area contributed by atoms with Gasteiger partial charge in [-0.2, -0.15) is 0 Å². The highest BCUT2D eigenvalue weighted by molar-refractivity contribution is 7.87. The van der Waals surface area contributed by atoms with E-state index >= 15 is 0 Å². The molecule has 0 aliphatic carbocycles. The lowest BCUT2D eigenvalue weighted by Gasteiger charge is -2.12. The molecule has 2 aromatic carbocycles. The zero-order valence-corrected chi connectivity index (χ0v) is 9.47. The first kappa shape index (κ1) is 10.8. The maximum atomic E-state index is 11.3. The zero-order chi connectivity index (χ0) is 11.4. The molecule has 0 unspecified atom stereocenters. The molecular weight excluding hydrogens is 219 g/mol. The largest absolute Gasteiger partial charge is 0.478 e. The fraction of sp³-hybridized carbons (Fsp3) is 0. The molecule has 2 aromatic rings. The summed E-state index contributed by atoms with van der Waals surface area (Å²) in [6.45, 7) is 0. The number of carbonyl (C=O) groups is 1. The van der Waals surface area contributed by atoms with Crippen molar-refractivity contribution in [2.24, 2.45) is 0 Å². The summed E-state index contributed by atoms with van der Waals surface area (Å²) in [5, 5.41) is 11.1. The number of hydrogen-bond acceptors (Lipinski definition) is 1. The van der Waals surface area contributed by atoms with Gasteiger partial charge in [-0.3, -0.25) is 0 Å². The number of carboxylic acid groups (broad SMARTS) is 1. The second kappa shape index (κ2) is 4.91. The van der Waals surface area contributed by atoms with Crippen molar-refractivity contribution in [3.63, 3.8) is 0 Å². The molecule has 2 nitrogen and oxygen atoms in total. The number of hydrogen-bond donors (Lipinski definition) is 1. The smallest absolute Gasteiger partial charge is 0.332 e. The molecule has 1 N–H and O–H groups in total. The SMILES string of the molecule is O=C(O)P(c1ccccc1)c1ccccc1. The van der Waals surface area contributed by atoms with Crippen molar-refractivity contribution in [3.8, 4) is 0 Å². The topological polar surface area (TPSA) is 37.3 Å². The van der Waals surface area contributed by atoms with Crippen LogP contribution in [-0.2, 0) is 0 Å². The van der Waals surface area contributed by atoms with Gasteiger partial charge in [0.25, 0.3) is 0 Å². The van der Waals surface area contributed by atoms with Gasteiger partial charge in [-0.1, -0.05) is 60.7 Å². The van der Waals surface area contributed by atoms with Gasteiger partial charge < -0.3 is 5.11 Å². The lowest BCUT2D eigenvalue weighted by molar-refractivity contribution is 0.221. The van der Waals surface area contributed by atoms with Crippen LogP contribution in [0.2, 0.25) is 0 Å². The van der Waals surface area contributed by atoms with Crippen molar-refractivity contribution in [1.82, 2.24) is 0 Å². The Morgan fingerprint density at radius 3 is 1.50 bits per heavy atom.